The van der Waals surface area contributed by atoms with Crippen molar-refractivity contribution in [3.8, 4) is 6.07 Å². The molecule has 0 radical (unpaired) electrons. The minimum absolute atomic E-state index is 0.0355. The molecule has 0 fully saturated rings. The van der Waals surface area contributed by atoms with Crippen molar-refractivity contribution in [2.45, 2.75) is 31.1 Å². The molecular formula is C18H19N3O3S. The van der Waals surface area contributed by atoms with Gasteiger partial charge in [-0.2, -0.15) is 5.26 Å². The van der Waals surface area contributed by atoms with Gasteiger partial charge in [0.1, 0.15) is 0 Å². The molecule has 2 N–H and O–H groups in total. The van der Waals surface area contributed by atoms with Crippen LogP contribution in [0.15, 0.2) is 53.4 Å². The molecule has 25 heavy (non-hydrogen) atoms. The van der Waals surface area contributed by atoms with E-state index in [0.717, 1.165) is 5.56 Å². The number of carbonyl (C=O) groups excluding carboxylic acids is 1. The van der Waals surface area contributed by atoms with Crippen molar-refractivity contribution in [3.05, 3.63) is 65.2 Å². The van der Waals surface area contributed by atoms with Crippen LogP contribution in [0.3, 0.4) is 0 Å². The highest BCUT2D eigenvalue weighted by molar-refractivity contribution is 7.89. The Labute approximate surface area is 147 Å². The van der Waals surface area contributed by atoms with Crippen LogP contribution in [-0.2, 0) is 15.4 Å². The minimum Gasteiger partial charge on any atom is -0.273 e. The summed E-state index contributed by atoms with van der Waals surface area (Å²) in [7, 11) is -3.91. The number of sulfonamides is 1. The lowest BCUT2D eigenvalue weighted by molar-refractivity contribution is 0.0945. The third-order valence-corrected chi connectivity index (χ3v) is 4.87. The van der Waals surface area contributed by atoms with Crippen LogP contribution in [-0.4, -0.2) is 14.3 Å². The second-order valence-electron chi connectivity index (χ2n) is 6.52. The largest absolute Gasteiger partial charge is 0.273 e. The summed E-state index contributed by atoms with van der Waals surface area (Å²) in [6.45, 7) is 6.19. The summed E-state index contributed by atoms with van der Waals surface area (Å²) in [5, 5.41) is 8.73. The maximum atomic E-state index is 12.1. The lowest BCUT2D eigenvalue weighted by Crippen LogP contribution is -2.41. The fraction of sp³-hybridized carbons (Fsp3) is 0.222. The van der Waals surface area contributed by atoms with Crippen LogP contribution in [0.25, 0.3) is 0 Å². The highest BCUT2D eigenvalue weighted by Crippen LogP contribution is 2.22. The van der Waals surface area contributed by atoms with Gasteiger partial charge in [-0.1, -0.05) is 32.9 Å². The number of hydrazine groups is 1. The molecule has 0 unspecified atom stereocenters. The highest BCUT2D eigenvalue weighted by Gasteiger charge is 2.17. The Kier molecular flexibility index (Phi) is 5.26. The zero-order valence-electron chi connectivity index (χ0n) is 14.2. The average molecular weight is 357 g/mol. The summed E-state index contributed by atoms with van der Waals surface area (Å²) < 4.78 is 24.3. The molecule has 0 atom stereocenters. The Balaban J connectivity index is 2.06. The molecule has 0 saturated heterocycles. The molecule has 2 rings (SSSR count). The number of nitriles is 1. The zero-order chi connectivity index (χ0) is 18.7. The topological polar surface area (TPSA) is 99.1 Å². The Bertz CT molecular complexity index is 904. The summed E-state index contributed by atoms with van der Waals surface area (Å²) in [6, 6.07) is 14.2. The SMILES string of the molecule is CC(C)(C)c1ccc(C(=O)NNS(=O)(=O)c2ccc(C#N)cc2)cc1. The van der Waals surface area contributed by atoms with Gasteiger partial charge in [-0.05, 0) is 47.4 Å². The van der Waals surface area contributed by atoms with E-state index in [9.17, 15) is 13.2 Å². The van der Waals surface area contributed by atoms with E-state index < -0.39 is 15.9 Å². The molecule has 1 amide bonds. The summed E-state index contributed by atoms with van der Waals surface area (Å²) in [6.07, 6.45) is 0. The Hall–Kier alpha value is -2.69. The van der Waals surface area contributed by atoms with E-state index in [1.165, 1.54) is 24.3 Å². The van der Waals surface area contributed by atoms with E-state index >= 15 is 0 Å². The molecule has 0 aliphatic heterocycles. The number of benzene rings is 2. The second-order valence-corrected chi connectivity index (χ2v) is 8.21. The lowest BCUT2D eigenvalue weighted by atomic mass is 9.87. The van der Waals surface area contributed by atoms with Gasteiger partial charge in [0, 0.05) is 5.56 Å². The van der Waals surface area contributed by atoms with E-state index in [0.29, 0.717) is 11.1 Å². The smallest absolute Gasteiger partial charge is 0.266 e. The first kappa shape index (κ1) is 18.6. The molecule has 2 aromatic carbocycles. The lowest BCUT2D eigenvalue weighted by Gasteiger charge is -2.19. The predicted octanol–water partition coefficient (Wildman–Crippen LogP) is 2.48. The van der Waals surface area contributed by atoms with Crippen LogP contribution in [0.4, 0.5) is 0 Å². The van der Waals surface area contributed by atoms with Gasteiger partial charge in [0.25, 0.3) is 15.9 Å². The molecule has 0 bridgehead atoms. The monoisotopic (exact) mass is 357 g/mol. The molecule has 6 nitrogen and oxygen atoms in total. The molecule has 0 aliphatic carbocycles. The van der Waals surface area contributed by atoms with Crippen molar-refractivity contribution in [1.29, 1.82) is 5.26 Å². The fourth-order valence-electron chi connectivity index (χ4n) is 2.07. The quantitative estimate of drug-likeness (QED) is 0.821. The van der Waals surface area contributed by atoms with Crippen molar-refractivity contribution < 1.29 is 13.2 Å². The number of hydrogen-bond donors (Lipinski definition) is 2. The van der Waals surface area contributed by atoms with Crippen molar-refractivity contribution in [1.82, 2.24) is 10.3 Å². The summed E-state index contributed by atoms with van der Waals surface area (Å²) in [5.74, 6) is -0.558. The van der Waals surface area contributed by atoms with Crippen LogP contribution < -0.4 is 10.3 Å². The number of nitrogens with zero attached hydrogens (tertiary/aromatic N) is 1. The van der Waals surface area contributed by atoms with Gasteiger partial charge in [-0.3, -0.25) is 10.2 Å². The molecule has 0 saturated carbocycles. The Morgan fingerprint density at radius 2 is 1.56 bits per heavy atom. The van der Waals surface area contributed by atoms with Gasteiger partial charge in [0.2, 0.25) is 0 Å². The summed E-state index contributed by atoms with van der Waals surface area (Å²) >= 11 is 0. The van der Waals surface area contributed by atoms with E-state index in [1.807, 2.05) is 23.0 Å². The molecular weight excluding hydrogens is 338 g/mol. The first-order chi connectivity index (χ1) is 11.6. The average Bonchev–Trinajstić information content (AvgIpc) is 2.59. The number of amides is 1. The maximum Gasteiger partial charge on any atom is 0.266 e. The first-order valence-corrected chi connectivity index (χ1v) is 9.05. The van der Waals surface area contributed by atoms with Crippen molar-refractivity contribution in [3.63, 3.8) is 0 Å². The van der Waals surface area contributed by atoms with Crippen LogP contribution in [0.1, 0.15) is 42.3 Å². The van der Waals surface area contributed by atoms with Gasteiger partial charge in [0.05, 0.1) is 16.5 Å². The van der Waals surface area contributed by atoms with Crippen molar-refractivity contribution >= 4 is 15.9 Å². The maximum absolute atomic E-state index is 12.1. The van der Waals surface area contributed by atoms with Crippen LogP contribution in [0.5, 0.6) is 0 Å². The fourth-order valence-corrected chi connectivity index (χ4v) is 2.91. The van der Waals surface area contributed by atoms with Gasteiger partial charge < -0.3 is 0 Å². The molecule has 0 heterocycles. The molecule has 7 heteroatoms. The van der Waals surface area contributed by atoms with Crippen molar-refractivity contribution in [2.75, 3.05) is 0 Å². The number of hydrogen-bond acceptors (Lipinski definition) is 4. The summed E-state index contributed by atoms with van der Waals surface area (Å²) in [5.41, 5.74) is 3.91. The van der Waals surface area contributed by atoms with Crippen LogP contribution in [0, 0.1) is 11.3 Å². The third kappa shape index (κ3) is 4.66. The van der Waals surface area contributed by atoms with Crippen LogP contribution in [0.2, 0.25) is 0 Å². The zero-order valence-corrected chi connectivity index (χ0v) is 15.0. The third-order valence-electron chi connectivity index (χ3n) is 3.61. The molecule has 2 aromatic rings. The normalized spacial score (nSPS) is 11.6. The molecule has 130 valence electrons. The van der Waals surface area contributed by atoms with Gasteiger partial charge in [-0.25, -0.2) is 8.42 Å². The highest BCUT2D eigenvalue weighted by atomic mass is 32.2. The summed E-state index contributed by atoms with van der Waals surface area (Å²) in [4.78, 5) is 14.1. The van der Waals surface area contributed by atoms with E-state index in [1.54, 1.807) is 12.1 Å². The number of nitrogens with one attached hydrogen (secondary N) is 2. The number of rotatable bonds is 4. The predicted molar refractivity (Wildman–Crippen MR) is 94.1 cm³/mol. The number of carbonyl (C=O) groups is 1. The molecule has 0 aliphatic rings. The Morgan fingerprint density at radius 1 is 1.00 bits per heavy atom. The van der Waals surface area contributed by atoms with Gasteiger partial charge in [-0.15, -0.1) is 4.83 Å². The first-order valence-electron chi connectivity index (χ1n) is 7.56. The molecule has 0 aromatic heterocycles. The second kappa shape index (κ2) is 7.05. The van der Waals surface area contributed by atoms with Gasteiger partial charge in [0.15, 0.2) is 0 Å². The standard InChI is InChI=1S/C18H19N3O3S/c1-18(2,3)15-8-6-14(7-9-15)17(22)20-21-25(23,24)16-10-4-13(12-19)5-11-16/h4-11,21H,1-3H3,(H,20,22). The van der Waals surface area contributed by atoms with E-state index in [-0.39, 0.29) is 10.3 Å². The van der Waals surface area contributed by atoms with Gasteiger partial charge >= 0.3 is 0 Å². The van der Waals surface area contributed by atoms with E-state index in [2.05, 4.69) is 26.2 Å². The Morgan fingerprint density at radius 3 is 2.04 bits per heavy atom. The van der Waals surface area contributed by atoms with Crippen molar-refractivity contribution in [2.24, 2.45) is 0 Å². The molecule has 0 spiro atoms. The van der Waals surface area contributed by atoms with Crippen LogP contribution >= 0.6 is 0 Å². The minimum atomic E-state index is -3.91. The van der Waals surface area contributed by atoms with E-state index in [4.69, 9.17) is 5.26 Å².